The van der Waals surface area contributed by atoms with Crippen LogP contribution in [0, 0.1) is 0 Å². The van der Waals surface area contributed by atoms with E-state index in [2.05, 4.69) is 72.4 Å². The van der Waals surface area contributed by atoms with Gasteiger partial charge < -0.3 is 4.90 Å². The van der Waals surface area contributed by atoms with Gasteiger partial charge in [-0.2, -0.15) is 0 Å². The number of hydrogen-bond acceptors (Lipinski definition) is 4. The Hall–Kier alpha value is -1.69. The van der Waals surface area contributed by atoms with Crippen molar-refractivity contribution in [3.05, 3.63) is 71.8 Å². The lowest BCUT2D eigenvalue weighted by Crippen LogP contribution is -2.43. The number of hydrogen-bond donors (Lipinski definition) is 0. The first-order valence-electron chi connectivity index (χ1n) is 9.17. The van der Waals surface area contributed by atoms with Gasteiger partial charge in [0.15, 0.2) is 9.84 Å². The molecule has 140 valence electrons. The van der Waals surface area contributed by atoms with Gasteiger partial charge in [-0.3, -0.25) is 4.90 Å². The summed E-state index contributed by atoms with van der Waals surface area (Å²) in [7, 11) is 1.19. The summed E-state index contributed by atoms with van der Waals surface area (Å²) in [6, 6.07) is 21.0. The monoisotopic (exact) mass is 372 g/mol. The van der Waals surface area contributed by atoms with Crippen LogP contribution in [0.15, 0.2) is 60.7 Å². The summed E-state index contributed by atoms with van der Waals surface area (Å²) in [6.07, 6.45) is 0.714. The molecule has 1 atom stereocenters. The Morgan fingerprint density at radius 1 is 0.923 bits per heavy atom. The highest BCUT2D eigenvalue weighted by atomic mass is 32.2. The lowest BCUT2D eigenvalue weighted by molar-refractivity contribution is 0.154. The summed E-state index contributed by atoms with van der Waals surface area (Å²) in [4.78, 5) is 4.55. The summed E-state index contributed by atoms with van der Waals surface area (Å²) in [6.45, 7) is 1.73. The molecule has 26 heavy (non-hydrogen) atoms. The normalized spacial score (nSPS) is 19.5. The van der Waals surface area contributed by atoms with E-state index in [1.54, 1.807) is 0 Å². The van der Waals surface area contributed by atoms with E-state index in [0.29, 0.717) is 12.2 Å². The van der Waals surface area contributed by atoms with Crippen molar-refractivity contribution in [1.29, 1.82) is 0 Å². The molecule has 0 saturated carbocycles. The molecule has 0 aliphatic carbocycles. The SMILES string of the molecule is CN(C)CCN(C(c1ccccc1)c1ccccc1)[C@@H]1CCS(=O)(=O)C1. The van der Waals surface area contributed by atoms with E-state index >= 15 is 0 Å². The van der Waals surface area contributed by atoms with Gasteiger partial charge in [-0.25, -0.2) is 8.42 Å². The second-order valence-corrected chi connectivity index (χ2v) is 9.55. The van der Waals surface area contributed by atoms with Gasteiger partial charge in [0.05, 0.1) is 17.5 Å². The topological polar surface area (TPSA) is 40.6 Å². The third-order valence-electron chi connectivity index (χ3n) is 5.05. The first kappa shape index (κ1) is 19.1. The zero-order valence-electron chi connectivity index (χ0n) is 15.6. The maximum atomic E-state index is 12.1. The van der Waals surface area contributed by atoms with Gasteiger partial charge in [0.1, 0.15) is 0 Å². The zero-order chi connectivity index (χ0) is 18.6. The molecule has 1 heterocycles. The van der Waals surface area contributed by atoms with Crippen molar-refractivity contribution < 1.29 is 8.42 Å². The zero-order valence-corrected chi connectivity index (χ0v) is 16.4. The largest absolute Gasteiger partial charge is 0.308 e. The molecular formula is C21H28N2O2S. The van der Waals surface area contributed by atoms with E-state index in [-0.39, 0.29) is 17.8 Å². The number of benzene rings is 2. The Kier molecular flexibility index (Phi) is 6.12. The van der Waals surface area contributed by atoms with Gasteiger partial charge in [-0.15, -0.1) is 0 Å². The fourth-order valence-electron chi connectivity index (χ4n) is 3.72. The van der Waals surface area contributed by atoms with E-state index in [0.717, 1.165) is 13.1 Å². The third kappa shape index (κ3) is 4.72. The molecule has 3 rings (SSSR count). The van der Waals surface area contributed by atoms with Crippen LogP contribution < -0.4 is 0 Å². The molecule has 0 unspecified atom stereocenters. The predicted octanol–water partition coefficient (Wildman–Crippen LogP) is 2.83. The van der Waals surface area contributed by atoms with E-state index < -0.39 is 9.84 Å². The van der Waals surface area contributed by atoms with E-state index in [9.17, 15) is 8.42 Å². The van der Waals surface area contributed by atoms with Gasteiger partial charge >= 0.3 is 0 Å². The Balaban J connectivity index is 2.00. The number of rotatable bonds is 7. The summed E-state index contributed by atoms with van der Waals surface area (Å²) in [5.41, 5.74) is 2.42. The van der Waals surface area contributed by atoms with Crippen molar-refractivity contribution in [2.45, 2.75) is 18.5 Å². The van der Waals surface area contributed by atoms with Crippen molar-refractivity contribution in [2.75, 3.05) is 38.7 Å². The van der Waals surface area contributed by atoms with E-state index in [1.807, 2.05) is 12.1 Å². The smallest absolute Gasteiger partial charge is 0.151 e. The number of nitrogens with zero attached hydrogens (tertiary/aromatic N) is 2. The highest BCUT2D eigenvalue weighted by Gasteiger charge is 2.36. The molecule has 0 amide bonds. The van der Waals surface area contributed by atoms with Crippen molar-refractivity contribution in [2.24, 2.45) is 0 Å². The average molecular weight is 373 g/mol. The summed E-state index contributed by atoms with van der Waals surface area (Å²) in [5, 5.41) is 0. The first-order chi connectivity index (χ1) is 12.5. The quantitative estimate of drug-likeness (QED) is 0.749. The van der Waals surface area contributed by atoms with Crippen molar-refractivity contribution in [3.8, 4) is 0 Å². The Morgan fingerprint density at radius 3 is 1.88 bits per heavy atom. The molecular weight excluding hydrogens is 344 g/mol. The molecule has 0 bridgehead atoms. The molecule has 0 aromatic heterocycles. The van der Waals surface area contributed by atoms with Crippen LogP contribution in [0.25, 0.3) is 0 Å². The van der Waals surface area contributed by atoms with Crippen LogP contribution in [0.3, 0.4) is 0 Å². The lowest BCUT2D eigenvalue weighted by atomic mass is 9.95. The second-order valence-electron chi connectivity index (χ2n) is 7.32. The molecule has 0 N–H and O–H groups in total. The molecule has 1 saturated heterocycles. The van der Waals surface area contributed by atoms with Crippen LogP contribution in [0.1, 0.15) is 23.6 Å². The van der Waals surface area contributed by atoms with Gasteiger partial charge in [-0.05, 0) is 31.6 Å². The maximum Gasteiger partial charge on any atom is 0.151 e. The van der Waals surface area contributed by atoms with Gasteiger partial charge in [0.25, 0.3) is 0 Å². The molecule has 1 aliphatic rings. The van der Waals surface area contributed by atoms with E-state index in [4.69, 9.17) is 0 Å². The standard InChI is InChI=1S/C21H28N2O2S/c1-22(2)14-15-23(20-13-16-26(24,25)17-20)21(18-9-5-3-6-10-18)19-11-7-4-8-12-19/h3-12,20-21H,13-17H2,1-2H3/t20-/m1/s1. The van der Waals surface area contributed by atoms with Crippen LogP contribution in [0.5, 0.6) is 0 Å². The Morgan fingerprint density at radius 2 is 1.46 bits per heavy atom. The van der Waals surface area contributed by atoms with Crippen LogP contribution in [0.2, 0.25) is 0 Å². The van der Waals surface area contributed by atoms with Crippen LogP contribution in [0.4, 0.5) is 0 Å². The molecule has 4 nitrogen and oxygen atoms in total. The molecule has 1 aliphatic heterocycles. The number of sulfone groups is 1. The van der Waals surface area contributed by atoms with Crippen molar-refractivity contribution >= 4 is 9.84 Å². The minimum Gasteiger partial charge on any atom is -0.308 e. The molecule has 2 aromatic rings. The van der Waals surface area contributed by atoms with Crippen LogP contribution in [-0.2, 0) is 9.84 Å². The van der Waals surface area contributed by atoms with Crippen molar-refractivity contribution in [3.63, 3.8) is 0 Å². The first-order valence-corrected chi connectivity index (χ1v) is 11.0. The summed E-state index contributed by atoms with van der Waals surface area (Å²) >= 11 is 0. The lowest BCUT2D eigenvalue weighted by Gasteiger charge is -2.37. The highest BCUT2D eigenvalue weighted by Crippen LogP contribution is 2.33. The predicted molar refractivity (Wildman–Crippen MR) is 107 cm³/mol. The third-order valence-corrected chi connectivity index (χ3v) is 6.80. The molecule has 1 fully saturated rings. The molecule has 0 radical (unpaired) electrons. The van der Waals surface area contributed by atoms with Gasteiger partial charge in [0, 0.05) is 19.1 Å². The van der Waals surface area contributed by atoms with Crippen molar-refractivity contribution in [1.82, 2.24) is 9.80 Å². The van der Waals surface area contributed by atoms with Crippen LogP contribution in [-0.4, -0.2) is 63.0 Å². The molecule has 0 spiro atoms. The van der Waals surface area contributed by atoms with Gasteiger partial charge in [0.2, 0.25) is 0 Å². The fraction of sp³-hybridized carbons (Fsp3) is 0.429. The Labute approximate surface area is 157 Å². The maximum absolute atomic E-state index is 12.1. The average Bonchev–Trinajstić information content (AvgIpc) is 2.99. The molecule has 2 aromatic carbocycles. The molecule has 5 heteroatoms. The van der Waals surface area contributed by atoms with Crippen LogP contribution >= 0.6 is 0 Å². The second kappa shape index (κ2) is 8.33. The highest BCUT2D eigenvalue weighted by molar-refractivity contribution is 7.91. The summed E-state index contributed by atoms with van der Waals surface area (Å²) in [5.74, 6) is 0.559. The fourth-order valence-corrected chi connectivity index (χ4v) is 5.46. The number of likely N-dealkylation sites (N-methyl/N-ethyl adjacent to an activating group) is 1. The minimum absolute atomic E-state index is 0.0605. The van der Waals surface area contributed by atoms with E-state index in [1.165, 1.54) is 11.1 Å². The van der Waals surface area contributed by atoms with Gasteiger partial charge in [-0.1, -0.05) is 60.7 Å². The Bertz CT molecular complexity index is 752. The summed E-state index contributed by atoms with van der Waals surface area (Å²) < 4.78 is 24.3. The minimum atomic E-state index is -2.93.